The number of nitrogens with zero attached hydrogens (tertiary/aromatic N) is 2. The molecule has 1 aromatic rings. The molecule has 1 heterocycles. The zero-order valence-corrected chi connectivity index (χ0v) is 10.8. The number of pyridine rings is 1. The molecule has 0 saturated heterocycles. The van der Waals surface area contributed by atoms with E-state index >= 15 is 0 Å². The third-order valence-corrected chi connectivity index (χ3v) is 2.36. The molecule has 0 spiro atoms. The van der Waals surface area contributed by atoms with Crippen molar-refractivity contribution in [1.29, 1.82) is 0 Å². The Hall–Kier alpha value is -2.55. The minimum atomic E-state index is -1.12. The number of anilines is 1. The van der Waals surface area contributed by atoms with Crippen molar-refractivity contribution in [2.45, 2.75) is 13.8 Å². The summed E-state index contributed by atoms with van der Waals surface area (Å²) in [6.45, 7) is 3.07. The second-order valence-corrected chi connectivity index (χ2v) is 3.97. The molecule has 1 aromatic heterocycles. The van der Waals surface area contributed by atoms with Crippen molar-refractivity contribution in [3.05, 3.63) is 23.5 Å². The van der Waals surface area contributed by atoms with Gasteiger partial charge in [-0.2, -0.15) is 0 Å². The highest BCUT2D eigenvalue weighted by Gasteiger charge is 2.16. The van der Waals surface area contributed by atoms with E-state index in [4.69, 9.17) is 11.5 Å². The minimum Gasteiger partial charge on any atom is -0.480 e. The predicted molar refractivity (Wildman–Crippen MR) is 70.8 cm³/mol. The molecule has 0 atom stereocenters. The van der Waals surface area contributed by atoms with E-state index in [1.165, 1.54) is 0 Å². The molecule has 6 heteroatoms. The first-order valence-electron chi connectivity index (χ1n) is 5.59. The third kappa shape index (κ3) is 4.32. The smallest absolute Gasteiger partial charge is 0.323 e. The van der Waals surface area contributed by atoms with Crippen molar-refractivity contribution in [2.75, 3.05) is 18.4 Å². The van der Waals surface area contributed by atoms with Gasteiger partial charge in [-0.05, 0) is 26.0 Å². The molecule has 0 aliphatic heterocycles. The highest BCUT2D eigenvalue weighted by molar-refractivity contribution is 5.91. The summed E-state index contributed by atoms with van der Waals surface area (Å²) < 4.78 is 0. The lowest BCUT2D eigenvalue weighted by molar-refractivity contribution is -0.137. The number of amides is 2. The van der Waals surface area contributed by atoms with Crippen LogP contribution in [0.1, 0.15) is 11.4 Å². The van der Waals surface area contributed by atoms with Crippen LogP contribution in [0, 0.1) is 26.2 Å². The van der Waals surface area contributed by atoms with Crippen molar-refractivity contribution in [1.82, 2.24) is 9.88 Å². The van der Waals surface area contributed by atoms with Gasteiger partial charge in [-0.1, -0.05) is 5.92 Å². The van der Waals surface area contributed by atoms with Crippen LogP contribution in [0.4, 0.5) is 10.5 Å². The van der Waals surface area contributed by atoms with Crippen molar-refractivity contribution >= 4 is 17.7 Å². The van der Waals surface area contributed by atoms with E-state index in [0.29, 0.717) is 11.4 Å². The zero-order valence-electron chi connectivity index (χ0n) is 10.8. The fourth-order valence-electron chi connectivity index (χ4n) is 1.49. The number of aryl methyl sites for hydroxylation is 2. The number of carbonyl (C=O) groups is 2. The fourth-order valence-corrected chi connectivity index (χ4v) is 1.49. The molecule has 19 heavy (non-hydrogen) atoms. The lowest BCUT2D eigenvalue weighted by Crippen LogP contribution is -2.39. The van der Waals surface area contributed by atoms with Gasteiger partial charge >= 0.3 is 12.0 Å². The summed E-state index contributed by atoms with van der Waals surface area (Å²) in [6, 6.07) is 2.91. The summed E-state index contributed by atoms with van der Waals surface area (Å²) in [5, 5.41) is 11.3. The summed E-state index contributed by atoms with van der Waals surface area (Å²) in [5.41, 5.74) is 2.02. The SMILES string of the molecule is C#CCN(CC(=O)O)C(=O)Nc1ccc(C)nc1C. The normalized spacial score (nSPS) is 9.53. The molecule has 0 unspecified atom stereocenters. The van der Waals surface area contributed by atoms with Crippen molar-refractivity contribution in [2.24, 2.45) is 0 Å². The number of carboxylic acid groups (broad SMARTS) is 1. The van der Waals surface area contributed by atoms with Gasteiger partial charge < -0.3 is 15.3 Å². The topological polar surface area (TPSA) is 82.5 Å². The molecule has 6 nitrogen and oxygen atoms in total. The van der Waals surface area contributed by atoms with E-state index in [1.807, 2.05) is 6.92 Å². The molecule has 0 saturated carbocycles. The number of aromatic nitrogens is 1. The Labute approximate surface area is 111 Å². The van der Waals surface area contributed by atoms with E-state index in [1.54, 1.807) is 19.1 Å². The van der Waals surface area contributed by atoms with Crippen LogP contribution in [0.2, 0.25) is 0 Å². The maximum Gasteiger partial charge on any atom is 0.323 e. The van der Waals surface area contributed by atoms with Crippen LogP contribution in [0.5, 0.6) is 0 Å². The number of urea groups is 1. The van der Waals surface area contributed by atoms with Gasteiger partial charge in [0.15, 0.2) is 0 Å². The van der Waals surface area contributed by atoms with Crippen LogP contribution < -0.4 is 5.32 Å². The summed E-state index contributed by atoms with van der Waals surface area (Å²) >= 11 is 0. The first-order chi connectivity index (χ1) is 8.93. The molecule has 0 fully saturated rings. The second kappa shape index (κ2) is 6.40. The Balaban J connectivity index is 2.81. The molecular formula is C13H15N3O3. The molecule has 0 aromatic carbocycles. The largest absolute Gasteiger partial charge is 0.480 e. The van der Waals surface area contributed by atoms with Crippen LogP contribution in [0.3, 0.4) is 0 Å². The van der Waals surface area contributed by atoms with Gasteiger partial charge in [-0.3, -0.25) is 9.78 Å². The first kappa shape index (κ1) is 14.5. The molecule has 2 N–H and O–H groups in total. The molecule has 1 rings (SSSR count). The number of aliphatic carboxylic acids is 1. The van der Waals surface area contributed by atoms with Crippen molar-refractivity contribution in [3.63, 3.8) is 0 Å². The lowest BCUT2D eigenvalue weighted by Gasteiger charge is -2.19. The summed E-state index contributed by atoms with van der Waals surface area (Å²) in [5.74, 6) is 1.13. The third-order valence-electron chi connectivity index (χ3n) is 2.36. The van der Waals surface area contributed by atoms with Crippen molar-refractivity contribution in [3.8, 4) is 12.3 Å². The van der Waals surface area contributed by atoms with Gasteiger partial charge in [0.25, 0.3) is 0 Å². The van der Waals surface area contributed by atoms with Gasteiger partial charge in [-0.25, -0.2) is 4.79 Å². The molecule has 0 aliphatic carbocycles. The van der Waals surface area contributed by atoms with Crippen molar-refractivity contribution < 1.29 is 14.7 Å². The Morgan fingerprint density at radius 2 is 2.16 bits per heavy atom. The zero-order chi connectivity index (χ0) is 14.4. The Morgan fingerprint density at radius 3 is 2.68 bits per heavy atom. The molecule has 0 aliphatic rings. The summed E-state index contributed by atoms with van der Waals surface area (Å²) in [7, 11) is 0. The molecular weight excluding hydrogens is 246 g/mol. The highest BCUT2D eigenvalue weighted by atomic mass is 16.4. The van der Waals surface area contributed by atoms with E-state index in [2.05, 4.69) is 16.2 Å². The Morgan fingerprint density at radius 1 is 1.47 bits per heavy atom. The van der Waals surface area contributed by atoms with Gasteiger partial charge in [0.2, 0.25) is 0 Å². The summed E-state index contributed by atoms with van der Waals surface area (Å²) in [6.07, 6.45) is 5.11. The molecule has 0 bridgehead atoms. The quantitative estimate of drug-likeness (QED) is 0.799. The number of hydrogen-bond donors (Lipinski definition) is 2. The fraction of sp³-hybridized carbons (Fsp3) is 0.308. The average molecular weight is 261 g/mol. The van der Waals surface area contributed by atoms with Gasteiger partial charge in [-0.15, -0.1) is 6.42 Å². The lowest BCUT2D eigenvalue weighted by atomic mass is 10.3. The Bertz CT molecular complexity index is 534. The maximum absolute atomic E-state index is 11.9. The average Bonchev–Trinajstić information content (AvgIpc) is 2.31. The van der Waals surface area contributed by atoms with Crippen LogP contribution in [0.25, 0.3) is 0 Å². The highest BCUT2D eigenvalue weighted by Crippen LogP contribution is 2.13. The molecule has 0 radical (unpaired) electrons. The van der Waals surface area contributed by atoms with Crippen LogP contribution in [-0.2, 0) is 4.79 Å². The number of nitrogens with one attached hydrogen (secondary N) is 1. The number of rotatable bonds is 4. The summed E-state index contributed by atoms with van der Waals surface area (Å²) in [4.78, 5) is 27.8. The minimum absolute atomic E-state index is 0.0729. The van der Waals surface area contributed by atoms with E-state index < -0.39 is 18.5 Å². The van der Waals surface area contributed by atoms with E-state index in [-0.39, 0.29) is 6.54 Å². The Kier molecular flexibility index (Phi) is 4.89. The second-order valence-electron chi connectivity index (χ2n) is 3.97. The molecule has 100 valence electrons. The van der Waals surface area contributed by atoms with Crippen LogP contribution in [0.15, 0.2) is 12.1 Å². The standard InChI is InChI=1S/C13H15N3O3/c1-4-7-16(8-12(17)18)13(19)15-11-6-5-9(2)14-10(11)3/h1,5-6H,7-8H2,2-3H3,(H,15,19)(H,17,18). The monoisotopic (exact) mass is 261 g/mol. The van der Waals surface area contributed by atoms with Gasteiger partial charge in [0.05, 0.1) is 17.9 Å². The number of carboxylic acids is 1. The predicted octanol–water partition coefficient (Wildman–Crippen LogP) is 1.25. The van der Waals surface area contributed by atoms with Crippen LogP contribution in [-0.4, -0.2) is 40.1 Å². The van der Waals surface area contributed by atoms with Crippen LogP contribution >= 0.6 is 0 Å². The van der Waals surface area contributed by atoms with Gasteiger partial charge in [0.1, 0.15) is 6.54 Å². The molecule has 2 amide bonds. The maximum atomic E-state index is 11.9. The number of carbonyl (C=O) groups excluding carboxylic acids is 1. The van der Waals surface area contributed by atoms with E-state index in [9.17, 15) is 9.59 Å². The first-order valence-corrected chi connectivity index (χ1v) is 5.59. The van der Waals surface area contributed by atoms with E-state index in [0.717, 1.165) is 10.6 Å². The number of hydrogen-bond acceptors (Lipinski definition) is 3. The van der Waals surface area contributed by atoms with Gasteiger partial charge in [0, 0.05) is 5.69 Å². The number of terminal acetylenes is 1.